The summed E-state index contributed by atoms with van der Waals surface area (Å²) in [5.74, 6) is -1.16. The first kappa shape index (κ1) is 41.2. The number of carbonyl (C=O) groups is 3. The van der Waals surface area contributed by atoms with Gasteiger partial charge in [0.05, 0.1) is 34.8 Å². The molecule has 4 aromatic rings. The lowest BCUT2D eigenvalue weighted by molar-refractivity contribution is -0.155. The molecule has 58 heavy (non-hydrogen) atoms. The molecule has 1 saturated carbocycles. The van der Waals surface area contributed by atoms with Crippen molar-refractivity contribution >= 4 is 51.8 Å². The maximum atomic E-state index is 14.4. The van der Waals surface area contributed by atoms with Crippen LogP contribution >= 0.6 is 11.3 Å². The van der Waals surface area contributed by atoms with E-state index in [2.05, 4.69) is 65.8 Å². The lowest BCUT2D eigenvalue weighted by atomic mass is 9.84. The number of aliphatic imine (C=N–C) groups is 1. The molecule has 3 aliphatic rings. The van der Waals surface area contributed by atoms with E-state index < -0.39 is 23.5 Å². The van der Waals surface area contributed by atoms with Crippen molar-refractivity contribution in [2.45, 2.75) is 97.9 Å². The third-order valence-corrected chi connectivity index (χ3v) is 12.6. The zero-order chi connectivity index (χ0) is 41.3. The number of rotatable bonds is 9. The van der Waals surface area contributed by atoms with Crippen LogP contribution in [0, 0.1) is 17.3 Å². The highest BCUT2D eigenvalue weighted by Gasteiger charge is 2.54. The molecule has 3 aromatic heterocycles. The minimum atomic E-state index is -0.905. The second-order valence-electron chi connectivity index (χ2n) is 16.4. The normalized spacial score (nSPS) is 24.5. The second kappa shape index (κ2) is 17.1. The van der Waals surface area contributed by atoms with Crippen LogP contribution in [0.3, 0.4) is 0 Å². The van der Waals surface area contributed by atoms with Crippen molar-refractivity contribution in [3.05, 3.63) is 88.3 Å². The number of fused-ring (bicyclic) bond motifs is 6. The smallest absolute Gasteiger partial charge is 0.324 e. The molecule has 0 spiro atoms. The Balaban J connectivity index is 1.32. The number of nitrogens with one attached hydrogen (secondary N) is 2. The Morgan fingerprint density at radius 3 is 2.78 bits per heavy atom. The van der Waals surface area contributed by atoms with Gasteiger partial charge in [-0.05, 0) is 75.8 Å². The fourth-order valence-electron chi connectivity index (χ4n) is 8.64. The highest BCUT2D eigenvalue weighted by atomic mass is 32.1. The maximum Gasteiger partial charge on any atom is 0.324 e. The molecule has 306 valence electrons. The van der Waals surface area contributed by atoms with Crippen LogP contribution in [0.4, 0.5) is 0 Å². The molecule has 0 radical (unpaired) electrons. The van der Waals surface area contributed by atoms with Gasteiger partial charge in [-0.15, -0.1) is 11.3 Å². The van der Waals surface area contributed by atoms with Gasteiger partial charge in [0.2, 0.25) is 5.91 Å². The van der Waals surface area contributed by atoms with Crippen LogP contribution < -0.4 is 10.7 Å². The first-order valence-corrected chi connectivity index (χ1v) is 21.2. The van der Waals surface area contributed by atoms with Gasteiger partial charge >= 0.3 is 5.97 Å². The Morgan fingerprint density at radius 1 is 1.26 bits per heavy atom. The summed E-state index contributed by atoms with van der Waals surface area (Å²) in [5.41, 5.74) is 10.1. The minimum absolute atomic E-state index is 0.0196. The number of methoxy groups -OCH3 is 1. The van der Waals surface area contributed by atoms with E-state index in [-0.39, 0.29) is 48.7 Å². The molecular formula is C45H55N7O5S. The molecule has 6 atom stereocenters. The largest absolute Gasteiger partial charge is 0.464 e. The predicted molar refractivity (Wildman–Crippen MR) is 228 cm³/mol. The fraction of sp³-hybridized carbons (Fsp3) is 0.467. The van der Waals surface area contributed by atoms with Gasteiger partial charge in [-0.2, -0.15) is 0 Å². The number of esters is 1. The van der Waals surface area contributed by atoms with E-state index in [1.165, 1.54) is 16.3 Å². The molecule has 2 fully saturated rings. The Labute approximate surface area is 344 Å². The third-order valence-electron chi connectivity index (χ3n) is 11.8. The summed E-state index contributed by atoms with van der Waals surface area (Å²) < 4.78 is 14.2. The summed E-state index contributed by atoms with van der Waals surface area (Å²) in [4.78, 5) is 56.4. The number of ether oxygens (including phenoxy) is 2. The van der Waals surface area contributed by atoms with E-state index in [4.69, 9.17) is 19.5 Å². The van der Waals surface area contributed by atoms with Crippen LogP contribution in [-0.4, -0.2) is 82.0 Å². The van der Waals surface area contributed by atoms with Gasteiger partial charge in [0.25, 0.3) is 5.91 Å². The number of cyclic esters (lactones) is 1. The summed E-state index contributed by atoms with van der Waals surface area (Å²) in [7, 11) is 1.68. The molecule has 2 aliphatic heterocycles. The van der Waals surface area contributed by atoms with E-state index in [1.807, 2.05) is 50.4 Å². The van der Waals surface area contributed by atoms with Crippen molar-refractivity contribution in [2.24, 2.45) is 22.2 Å². The number of amides is 2. The number of thiazole rings is 1. The van der Waals surface area contributed by atoms with Crippen molar-refractivity contribution in [1.82, 2.24) is 30.3 Å². The molecule has 1 saturated heterocycles. The molecule has 12 nitrogen and oxygen atoms in total. The fourth-order valence-corrected chi connectivity index (χ4v) is 9.49. The standard InChI is InChI=1S/C45H55N7O5S/c1-9-29(40(46-10-2)27(5)56-8)41-31-23-45(6,7)25-57-44(55)33-16-14-20-52(50-33)43(54)34(49-42(53)39-26(4)38(39)32-15-12-13-19-47-32)22-37-48-35(24-58-37)28-17-18-36(30(31)21-28)51(41)11-3/h9-10,12-13,15,17-19,21,24,26-27,33-34,38-39,50H,1,11,14,16,20,22-23,25H2,2-8H3,(H,49,53)/b40-29+,46-10-/t26-,27-,33-,34-,38-,39+/m0/s1. The van der Waals surface area contributed by atoms with Crippen molar-refractivity contribution < 1.29 is 23.9 Å². The third kappa shape index (κ3) is 8.17. The maximum absolute atomic E-state index is 14.4. The molecule has 7 rings (SSSR count). The van der Waals surface area contributed by atoms with Crippen LogP contribution in [-0.2, 0) is 43.2 Å². The Hall–Kier alpha value is -4.98. The molecule has 0 unspecified atom stereocenters. The van der Waals surface area contributed by atoms with Crippen LogP contribution in [0.25, 0.3) is 27.7 Å². The molecule has 1 aromatic carbocycles. The summed E-state index contributed by atoms with van der Waals surface area (Å²) in [5, 5.41) is 8.37. The first-order chi connectivity index (χ1) is 27.9. The zero-order valence-corrected chi connectivity index (χ0v) is 35.4. The highest BCUT2D eigenvalue weighted by molar-refractivity contribution is 7.10. The van der Waals surface area contributed by atoms with Gasteiger partial charge in [-0.1, -0.05) is 45.6 Å². The van der Waals surface area contributed by atoms with Gasteiger partial charge in [0, 0.05) is 89.4 Å². The Kier molecular flexibility index (Phi) is 12.1. The van der Waals surface area contributed by atoms with E-state index >= 15 is 0 Å². The number of allylic oxidation sites excluding steroid dienone is 2. The number of hydrogen-bond donors (Lipinski definition) is 2. The zero-order valence-electron chi connectivity index (χ0n) is 34.6. The van der Waals surface area contributed by atoms with Crippen LogP contribution in [0.2, 0.25) is 0 Å². The second-order valence-corrected chi connectivity index (χ2v) is 17.3. The van der Waals surface area contributed by atoms with Crippen molar-refractivity contribution in [1.29, 1.82) is 0 Å². The number of pyridine rings is 1. The lowest BCUT2D eigenvalue weighted by Crippen LogP contribution is -2.60. The Bertz CT molecular complexity index is 2260. The summed E-state index contributed by atoms with van der Waals surface area (Å²) in [6.45, 7) is 17.7. The molecule has 2 amide bonds. The highest BCUT2D eigenvalue weighted by Crippen LogP contribution is 2.53. The van der Waals surface area contributed by atoms with Crippen molar-refractivity contribution in [3.63, 3.8) is 0 Å². The SMILES string of the molecule is C=C/C(=C(\N=C/C)[C@H](C)OC)c1c2c3cc(ccc3n1CC)-c1csc(n1)C[C@H](NC(=O)[C@@H]1[C@@H](C)[C@H]1c1ccccn1)C(=O)N1CCC[C@H](N1)C(=O)OCC(C)(C)C2. The van der Waals surface area contributed by atoms with E-state index in [1.54, 1.807) is 19.5 Å². The van der Waals surface area contributed by atoms with Gasteiger partial charge in [0.15, 0.2) is 0 Å². The van der Waals surface area contributed by atoms with Gasteiger partial charge in [-0.25, -0.2) is 10.4 Å². The number of aromatic nitrogens is 3. The first-order valence-electron chi connectivity index (χ1n) is 20.3. The number of aryl methyl sites for hydroxylation is 1. The van der Waals surface area contributed by atoms with Crippen LogP contribution in [0.5, 0.6) is 0 Å². The van der Waals surface area contributed by atoms with E-state index in [0.29, 0.717) is 37.4 Å². The molecular weight excluding hydrogens is 751 g/mol. The number of hydrogen-bond acceptors (Lipinski definition) is 10. The van der Waals surface area contributed by atoms with E-state index in [0.717, 1.165) is 50.4 Å². The molecule has 2 N–H and O–H groups in total. The minimum Gasteiger partial charge on any atom is -0.464 e. The number of carbonyl (C=O) groups excluding carboxylic acids is 3. The van der Waals surface area contributed by atoms with Crippen LogP contribution in [0.15, 0.2) is 71.3 Å². The van der Waals surface area contributed by atoms with Crippen molar-refractivity contribution in [2.75, 3.05) is 20.3 Å². The summed E-state index contributed by atoms with van der Waals surface area (Å²) in [6, 6.07) is 10.5. The van der Waals surface area contributed by atoms with Gasteiger partial charge < -0.3 is 19.4 Å². The number of hydrazine groups is 1. The predicted octanol–water partition coefficient (Wildman–Crippen LogP) is 6.90. The topological polar surface area (TPSA) is 140 Å². The summed E-state index contributed by atoms with van der Waals surface area (Å²) >= 11 is 1.46. The average molecular weight is 806 g/mol. The van der Waals surface area contributed by atoms with Crippen LogP contribution in [0.1, 0.15) is 82.3 Å². The Morgan fingerprint density at radius 2 is 2.07 bits per heavy atom. The monoisotopic (exact) mass is 805 g/mol. The van der Waals surface area contributed by atoms with Gasteiger partial charge in [-0.3, -0.25) is 29.4 Å². The molecule has 6 bridgehead atoms. The molecule has 13 heteroatoms. The number of benzene rings is 1. The van der Waals surface area contributed by atoms with Gasteiger partial charge in [0.1, 0.15) is 12.1 Å². The van der Waals surface area contributed by atoms with Crippen molar-refractivity contribution in [3.8, 4) is 11.3 Å². The summed E-state index contributed by atoms with van der Waals surface area (Å²) in [6.07, 6.45) is 6.98. The molecule has 1 aliphatic carbocycles. The molecule has 5 heterocycles. The average Bonchev–Trinajstić information content (AvgIpc) is 3.53. The van der Waals surface area contributed by atoms with E-state index in [9.17, 15) is 14.4 Å². The lowest BCUT2D eigenvalue weighted by Gasteiger charge is -2.35. The quantitative estimate of drug-likeness (QED) is 0.106. The number of nitrogens with zero attached hydrogens (tertiary/aromatic N) is 5.